The van der Waals surface area contributed by atoms with E-state index in [0.29, 0.717) is 22.6 Å². The van der Waals surface area contributed by atoms with E-state index in [1.165, 1.54) is 13.8 Å². The van der Waals surface area contributed by atoms with Gasteiger partial charge in [0.25, 0.3) is 11.8 Å². The molecule has 0 atom stereocenters. The predicted octanol–water partition coefficient (Wildman–Crippen LogP) is 6.77. The zero-order chi connectivity index (χ0) is 31.1. The van der Waals surface area contributed by atoms with Gasteiger partial charge in [-0.15, -0.1) is 0 Å². The summed E-state index contributed by atoms with van der Waals surface area (Å²) >= 11 is 0. The second-order valence-corrected chi connectivity index (χ2v) is 9.71. The van der Waals surface area contributed by atoms with Crippen LogP contribution in [-0.2, 0) is 9.59 Å². The number of carbonyl (C=O) groups is 4. The highest BCUT2D eigenvalue weighted by atomic mass is 16.5. The molecule has 0 aliphatic heterocycles. The van der Waals surface area contributed by atoms with E-state index in [9.17, 15) is 19.2 Å². The van der Waals surface area contributed by atoms with E-state index in [1.807, 2.05) is 48.5 Å². The van der Waals surface area contributed by atoms with Crippen molar-refractivity contribution in [3.8, 4) is 33.8 Å². The van der Waals surface area contributed by atoms with Gasteiger partial charge in [0.15, 0.2) is 0 Å². The minimum Gasteiger partial charge on any atom is -0.427 e. The average Bonchev–Trinajstić information content (AvgIpc) is 3.01. The van der Waals surface area contributed by atoms with Gasteiger partial charge in [-0.05, 0) is 82.9 Å². The maximum Gasteiger partial charge on any atom is 0.308 e. The lowest BCUT2D eigenvalue weighted by atomic mass is 10.0. The third-order valence-electron chi connectivity index (χ3n) is 6.42. The van der Waals surface area contributed by atoms with Crippen LogP contribution in [0.25, 0.3) is 22.3 Å². The van der Waals surface area contributed by atoms with E-state index < -0.39 is 0 Å². The monoisotopic (exact) mass is 585 g/mol. The molecule has 4 aromatic carbocycles. The topological polar surface area (TPSA) is 124 Å². The summed E-state index contributed by atoms with van der Waals surface area (Å²) in [5.74, 6) is 0.0115. The lowest BCUT2D eigenvalue weighted by Crippen LogP contribution is -2.15. The molecule has 44 heavy (non-hydrogen) atoms. The first-order valence-corrected chi connectivity index (χ1v) is 13.6. The number of hydrogen-bond acceptors (Lipinski definition) is 7. The number of nitrogens with one attached hydrogen (secondary N) is 2. The van der Waals surface area contributed by atoms with E-state index in [0.717, 1.165) is 22.3 Å². The summed E-state index contributed by atoms with van der Waals surface area (Å²) in [6, 6.07) is 33.2. The van der Waals surface area contributed by atoms with Crippen molar-refractivity contribution in [2.75, 3.05) is 10.6 Å². The zero-order valence-corrected chi connectivity index (χ0v) is 23.9. The molecule has 0 fully saturated rings. The molecule has 5 aromatic rings. The number of benzene rings is 4. The standard InChI is InChI=1S/C35H27N3O6/c1-22(39)43-30-18-14-26(15-19-30)24-6-10-28(11-7-24)34(41)37-32-4-3-5-33(36-32)38-35(42)29-12-8-25(9-13-29)27-16-20-31(21-17-27)44-23(2)40/h3-21H,1-2H3,(H2,36,37,38,41,42). The molecular formula is C35H27N3O6. The Morgan fingerprint density at radius 3 is 1.11 bits per heavy atom. The van der Waals surface area contributed by atoms with E-state index in [4.69, 9.17) is 9.47 Å². The van der Waals surface area contributed by atoms with Crippen molar-refractivity contribution in [1.82, 2.24) is 4.98 Å². The van der Waals surface area contributed by atoms with E-state index in [2.05, 4.69) is 15.6 Å². The number of anilines is 2. The molecule has 1 aromatic heterocycles. The molecule has 1 heterocycles. The molecule has 9 nitrogen and oxygen atoms in total. The molecule has 0 aliphatic rings. The minimum atomic E-state index is -0.385. The maximum absolute atomic E-state index is 12.9. The highest BCUT2D eigenvalue weighted by Crippen LogP contribution is 2.25. The van der Waals surface area contributed by atoms with Crippen molar-refractivity contribution in [1.29, 1.82) is 0 Å². The Labute approximate surface area is 253 Å². The Morgan fingerprint density at radius 2 is 0.795 bits per heavy atom. The van der Waals surface area contributed by atoms with Gasteiger partial charge in [-0.2, -0.15) is 0 Å². The molecule has 0 aliphatic carbocycles. The molecular weight excluding hydrogens is 558 g/mol. The Morgan fingerprint density at radius 1 is 0.477 bits per heavy atom. The number of aromatic nitrogens is 1. The van der Waals surface area contributed by atoms with Gasteiger partial charge in [0.2, 0.25) is 0 Å². The van der Waals surface area contributed by atoms with Crippen LogP contribution in [0.1, 0.15) is 34.6 Å². The first-order valence-electron chi connectivity index (χ1n) is 13.6. The van der Waals surface area contributed by atoms with Crippen molar-refractivity contribution in [3.05, 3.63) is 126 Å². The maximum atomic E-state index is 12.9. The number of nitrogens with zero attached hydrogens (tertiary/aromatic N) is 1. The molecule has 2 N–H and O–H groups in total. The van der Waals surface area contributed by atoms with Crippen LogP contribution in [0, 0.1) is 0 Å². The normalized spacial score (nSPS) is 10.4. The van der Waals surface area contributed by atoms with E-state index in [-0.39, 0.29) is 35.4 Å². The molecule has 0 radical (unpaired) electrons. The lowest BCUT2D eigenvalue weighted by Gasteiger charge is -2.09. The Bertz CT molecular complexity index is 1680. The van der Waals surface area contributed by atoms with Crippen LogP contribution in [0.4, 0.5) is 11.6 Å². The summed E-state index contributed by atoms with van der Waals surface area (Å²) < 4.78 is 10.1. The number of hydrogen-bond donors (Lipinski definition) is 2. The summed E-state index contributed by atoms with van der Waals surface area (Å²) in [7, 11) is 0. The van der Waals surface area contributed by atoms with Gasteiger partial charge >= 0.3 is 11.9 Å². The van der Waals surface area contributed by atoms with Gasteiger partial charge in [0.05, 0.1) is 0 Å². The van der Waals surface area contributed by atoms with Crippen LogP contribution in [0.2, 0.25) is 0 Å². The van der Waals surface area contributed by atoms with E-state index >= 15 is 0 Å². The Balaban J connectivity index is 1.18. The summed E-state index contributed by atoms with van der Waals surface area (Å²) in [5, 5.41) is 5.52. The summed E-state index contributed by atoms with van der Waals surface area (Å²) in [6.07, 6.45) is 0. The van der Waals surface area contributed by atoms with E-state index in [1.54, 1.807) is 66.7 Å². The van der Waals surface area contributed by atoms with Crippen LogP contribution in [-0.4, -0.2) is 28.7 Å². The number of pyridine rings is 1. The quantitative estimate of drug-likeness (QED) is 0.152. The third kappa shape index (κ3) is 7.59. The molecule has 2 amide bonds. The summed E-state index contributed by atoms with van der Waals surface area (Å²) in [4.78, 5) is 52.3. The van der Waals surface area contributed by atoms with Gasteiger partial charge in [-0.1, -0.05) is 54.6 Å². The molecule has 218 valence electrons. The second-order valence-electron chi connectivity index (χ2n) is 9.71. The summed E-state index contributed by atoms with van der Waals surface area (Å²) in [5.41, 5.74) is 4.46. The van der Waals surface area contributed by atoms with Gasteiger partial charge in [-0.25, -0.2) is 4.98 Å². The van der Waals surface area contributed by atoms with Crippen molar-refractivity contribution in [2.45, 2.75) is 13.8 Å². The zero-order valence-electron chi connectivity index (χ0n) is 23.9. The first-order chi connectivity index (χ1) is 21.2. The predicted molar refractivity (Wildman–Crippen MR) is 167 cm³/mol. The van der Waals surface area contributed by atoms with Crippen LogP contribution < -0.4 is 20.1 Å². The molecule has 0 spiro atoms. The fourth-order valence-electron chi connectivity index (χ4n) is 4.34. The number of esters is 2. The molecule has 0 unspecified atom stereocenters. The van der Waals surface area contributed by atoms with Crippen LogP contribution in [0.5, 0.6) is 11.5 Å². The van der Waals surface area contributed by atoms with Gasteiger partial charge in [-0.3, -0.25) is 19.2 Å². The van der Waals surface area contributed by atoms with Gasteiger partial charge in [0, 0.05) is 25.0 Å². The number of ether oxygens (including phenoxy) is 2. The van der Waals surface area contributed by atoms with Crippen LogP contribution >= 0.6 is 0 Å². The molecule has 0 saturated carbocycles. The number of rotatable bonds is 8. The number of carbonyl (C=O) groups excluding carboxylic acids is 4. The van der Waals surface area contributed by atoms with Crippen LogP contribution in [0.3, 0.4) is 0 Å². The summed E-state index contributed by atoms with van der Waals surface area (Å²) in [6.45, 7) is 2.69. The first kappa shape index (κ1) is 29.4. The number of amides is 2. The van der Waals surface area contributed by atoms with Crippen molar-refractivity contribution in [3.63, 3.8) is 0 Å². The van der Waals surface area contributed by atoms with Crippen molar-refractivity contribution >= 4 is 35.4 Å². The van der Waals surface area contributed by atoms with Gasteiger partial charge in [0.1, 0.15) is 23.1 Å². The van der Waals surface area contributed by atoms with Crippen molar-refractivity contribution < 1.29 is 28.7 Å². The minimum absolute atomic E-state index is 0.283. The lowest BCUT2D eigenvalue weighted by molar-refractivity contribution is -0.132. The third-order valence-corrected chi connectivity index (χ3v) is 6.42. The Hall–Kier alpha value is -6.09. The second kappa shape index (κ2) is 13.3. The highest BCUT2D eigenvalue weighted by molar-refractivity contribution is 6.05. The fourth-order valence-corrected chi connectivity index (χ4v) is 4.34. The Kier molecular flexibility index (Phi) is 8.86. The fraction of sp³-hybridized carbons (Fsp3) is 0.0571. The molecule has 9 heteroatoms. The average molecular weight is 586 g/mol. The molecule has 0 bridgehead atoms. The molecule has 0 saturated heterocycles. The largest absolute Gasteiger partial charge is 0.427 e. The van der Waals surface area contributed by atoms with Gasteiger partial charge < -0.3 is 20.1 Å². The molecule has 5 rings (SSSR count). The highest BCUT2D eigenvalue weighted by Gasteiger charge is 2.11. The van der Waals surface area contributed by atoms with Crippen LogP contribution in [0.15, 0.2) is 115 Å². The smallest absolute Gasteiger partial charge is 0.308 e. The SMILES string of the molecule is CC(=O)Oc1ccc(-c2ccc(C(=O)Nc3cccc(NC(=O)c4ccc(-c5ccc(OC(C)=O)cc5)cc4)n3)cc2)cc1. The van der Waals surface area contributed by atoms with Crippen molar-refractivity contribution in [2.24, 2.45) is 0 Å².